The van der Waals surface area contributed by atoms with Gasteiger partial charge in [0.1, 0.15) is 0 Å². The van der Waals surface area contributed by atoms with Gasteiger partial charge >= 0.3 is 6.03 Å². The Morgan fingerprint density at radius 2 is 2.12 bits per heavy atom. The average molecular weight is 216 g/mol. The molecule has 2 amide bonds. The molecule has 1 atom stereocenters. The fourth-order valence-electron chi connectivity index (χ4n) is 1.28. The van der Waals surface area contributed by atoms with Crippen molar-refractivity contribution in [1.29, 1.82) is 0 Å². The molecule has 1 rings (SSSR count). The zero-order valence-corrected chi connectivity index (χ0v) is 9.36. The van der Waals surface area contributed by atoms with E-state index >= 15 is 0 Å². The Labute approximate surface area is 96.2 Å². The number of carbonyl (C=O) groups is 1. The van der Waals surface area contributed by atoms with Crippen molar-refractivity contribution < 1.29 is 4.79 Å². The third-order valence-electron chi connectivity index (χ3n) is 2.10. The summed E-state index contributed by atoms with van der Waals surface area (Å²) in [6.07, 6.45) is 5.69. The van der Waals surface area contributed by atoms with Crippen LogP contribution in [-0.4, -0.2) is 12.1 Å². The van der Waals surface area contributed by atoms with Crippen LogP contribution in [0.25, 0.3) is 0 Å². The van der Waals surface area contributed by atoms with E-state index in [9.17, 15) is 4.79 Å². The molecule has 0 aromatic heterocycles. The number of hydrogen-bond donors (Lipinski definition) is 2. The van der Waals surface area contributed by atoms with E-state index in [0.29, 0.717) is 13.0 Å². The molecule has 0 saturated heterocycles. The number of hydrogen-bond acceptors (Lipinski definition) is 1. The Morgan fingerprint density at radius 3 is 2.75 bits per heavy atom. The summed E-state index contributed by atoms with van der Waals surface area (Å²) in [4.78, 5) is 11.4. The maximum Gasteiger partial charge on any atom is 0.315 e. The largest absolute Gasteiger partial charge is 0.335 e. The van der Waals surface area contributed by atoms with Crippen molar-refractivity contribution in [1.82, 2.24) is 10.6 Å². The Kier molecular flexibility index (Phi) is 4.94. The van der Waals surface area contributed by atoms with Crippen molar-refractivity contribution in [2.45, 2.75) is 25.9 Å². The fraction of sp³-hybridized carbons (Fsp3) is 0.308. The van der Waals surface area contributed by atoms with Crippen LogP contribution in [0.3, 0.4) is 0 Å². The molecule has 1 aromatic rings. The van der Waals surface area contributed by atoms with Crippen molar-refractivity contribution in [3.63, 3.8) is 0 Å². The molecule has 0 aliphatic heterocycles. The zero-order chi connectivity index (χ0) is 11.8. The summed E-state index contributed by atoms with van der Waals surface area (Å²) in [7, 11) is 0. The number of urea groups is 1. The van der Waals surface area contributed by atoms with E-state index in [4.69, 9.17) is 6.42 Å². The predicted molar refractivity (Wildman–Crippen MR) is 64.7 cm³/mol. The minimum absolute atomic E-state index is 0.000716. The quantitative estimate of drug-likeness (QED) is 0.741. The smallest absolute Gasteiger partial charge is 0.315 e. The molecule has 0 heterocycles. The molecule has 0 saturated carbocycles. The first-order chi connectivity index (χ1) is 7.72. The highest BCUT2D eigenvalue weighted by molar-refractivity contribution is 5.74. The molecule has 0 aliphatic carbocycles. The van der Waals surface area contributed by atoms with Gasteiger partial charge in [0.2, 0.25) is 0 Å². The van der Waals surface area contributed by atoms with Gasteiger partial charge in [-0.15, -0.1) is 12.3 Å². The first kappa shape index (κ1) is 12.1. The SMILES string of the molecule is C#CCC(C)NC(=O)NCc1ccccc1. The Morgan fingerprint density at radius 1 is 1.44 bits per heavy atom. The monoisotopic (exact) mass is 216 g/mol. The topological polar surface area (TPSA) is 41.1 Å². The first-order valence-corrected chi connectivity index (χ1v) is 5.24. The summed E-state index contributed by atoms with van der Waals surface area (Å²) in [5.41, 5.74) is 1.07. The Balaban J connectivity index is 2.28. The lowest BCUT2D eigenvalue weighted by atomic mass is 10.2. The molecule has 2 N–H and O–H groups in total. The van der Waals surface area contributed by atoms with Gasteiger partial charge in [-0.2, -0.15) is 0 Å². The predicted octanol–water partition coefficient (Wildman–Crippen LogP) is 1.90. The maximum atomic E-state index is 11.4. The molecular formula is C13H16N2O. The summed E-state index contributed by atoms with van der Waals surface area (Å²) in [5.74, 6) is 2.50. The number of nitrogens with one attached hydrogen (secondary N) is 2. The van der Waals surface area contributed by atoms with E-state index in [1.807, 2.05) is 37.3 Å². The first-order valence-electron chi connectivity index (χ1n) is 5.24. The van der Waals surface area contributed by atoms with Gasteiger partial charge in [0.25, 0.3) is 0 Å². The van der Waals surface area contributed by atoms with Gasteiger partial charge in [0.15, 0.2) is 0 Å². The molecule has 0 spiro atoms. The highest BCUT2D eigenvalue weighted by Crippen LogP contribution is 1.97. The van der Waals surface area contributed by atoms with E-state index < -0.39 is 0 Å². The number of amides is 2. The van der Waals surface area contributed by atoms with Crippen molar-refractivity contribution in [3.8, 4) is 12.3 Å². The van der Waals surface area contributed by atoms with Crippen molar-refractivity contribution in [2.75, 3.05) is 0 Å². The lowest BCUT2D eigenvalue weighted by molar-refractivity contribution is 0.237. The second kappa shape index (κ2) is 6.52. The number of terminal acetylenes is 1. The van der Waals surface area contributed by atoms with Crippen LogP contribution in [0.4, 0.5) is 4.79 Å². The highest BCUT2D eigenvalue weighted by Gasteiger charge is 2.04. The summed E-state index contributed by atoms with van der Waals surface area (Å²) in [5, 5.41) is 5.53. The van der Waals surface area contributed by atoms with E-state index in [-0.39, 0.29) is 12.1 Å². The van der Waals surface area contributed by atoms with Crippen molar-refractivity contribution in [3.05, 3.63) is 35.9 Å². The minimum Gasteiger partial charge on any atom is -0.335 e. The molecule has 3 heteroatoms. The molecule has 3 nitrogen and oxygen atoms in total. The second-order valence-corrected chi connectivity index (χ2v) is 3.62. The van der Waals surface area contributed by atoms with Crippen molar-refractivity contribution in [2.24, 2.45) is 0 Å². The summed E-state index contributed by atoms with van der Waals surface area (Å²) >= 11 is 0. The average Bonchev–Trinajstić information content (AvgIpc) is 2.28. The van der Waals surface area contributed by atoms with Gasteiger partial charge < -0.3 is 10.6 Å². The lowest BCUT2D eigenvalue weighted by Gasteiger charge is -2.12. The fourth-order valence-corrected chi connectivity index (χ4v) is 1.28. The summed E-state index contributed by atoms with van der Waals surface area (Å²) in [6, 6.07) is 9.56. The van der Waals surface area contributed by atoms with Crippen LogP contribution < -0.4 is 10.6 Å². The van der Waals surface area contributed by atoms with Crippen LogP contribution in [0.1, 0.15) is 18.9 Å². The van der Waals surface area contributed by atoms with Gasteiger partial charge in [-0.3, -0.25) is 0 Å². The van der Waals surface area contributed by atoms with Crippen LogP contribution in [0.2, 0.25) is 0 Å². The Bertz CT molecular complexity index is 367. The molecular weight excluding hydrogens is 200 g/mol. The van der Waals surface area contributed by atoms with Crippen LogP contribution >= 0.6 is 0 Å². The van der Waals surface area contributed by atoms with Gasteiger partial charge in [-0.25, -0.2) is 4.79 Å². The lowest BCUT2D eigenvalue weighted by Crippen LogP contribution is -2.40. The normalized spacial score (nSPS) is 11.2. The molecule has 1 unspecified atom stereocenters. The van der Waals surface area contributed by atoms with Crippen molar-refractivity contribution >= 4 is 6.03 Å². The number of rotatable bonds is 4. The van der Waals surface area contributed by atoms with Crippen LogP contribution in [0.15, 0.2) is 30.3 Å². The van der Waals surface area contributed by atoms with Gasteiger partial charge in [0.05, 0.1) is 0 Å². The van der Waals surface area contributed by atoms with E-state index in [1.54, 1.807) is 0 Å². The molecule has 0 aliphatic rings. The summed E-state index contributed by atoms with van der Waals surface area (Å²) in [6.45, 7) is 2.40. The molecule has 0 fully saturated rings. The molecule has 16 heavy (non-hydrogen) atoms. The van der Waals surface area contributed by atoms with Crippen LogP contribution in [-0.2, 0) is 6.54 Å². The number of carbonyl (C=O) groups excluding carboxylic acids is 1. The zero-order valence-electron chi connectivity index (χ0n) is 9.36. The standard InChI is InChI=1S/C13H16N2O/c1-3-7-11(2)15-13(16)14-10-12-8-5-4-6-9-12/h1,4-6,8-9,11H,7,10H2,2H3,(H2,14,15,16). The van der Waals surface area contributed by atoms with Gasteiger partial charge in [0, 0.05) is 19.0 Å². The van der Waals surface area contributed by atoms with E-state index in [1.165, 1.54) is 0 Å². The minimum atomic E-state index is -0.188. The summed E-state index contributed by atoms with van der Waals surface area (Å²) < 4.78 is 0. The Hall–Kier alpha value is -1.95. The third kappa shape index (κ3) is 4.52. The van der Waals surface area contributed by atoms with Gasteiger partial charge in [-0.1, -0.05) is 30.3 Å². The molecule has 84 valence electrons. The molecule has 1 aromatic carbocycles. The maximum absolute atomic E-state index is 11.4. The van der Waals surface area contributed by atoms with Crippen LogP contribution in [0.5, 0.6) is 0 Å². The second-order valence-electron chi connectivity index (χ2n) is 3.62. The third-order valence-corrected chi connectivity index (χ3v) is 2.10. The molecule has 0 bridgehead atoms. The van der Waals surface area contributed by atoms with E-state index in [0.717, 1.165) is 5.56 Å². The van der Waals surface area contributed by atoms with Gasteiger partial charge in [-0.05, 0) is 12.5 Å². The number of benzene rings is 1. The van der Waals surface area contributed by atoms with Crippen LogP contribution in [0, 0.1) is 12.3 Å². The highest BCUT2D eigenvalue weighted by atomic mass is 16.2. The van der Waals surface area contributed by atoms with E-state index in [2.05, 4.69) is 16.6 Å². The molecule has 0 radical (unpaired) electrons.